The molecule has 8 nitrogen and oxygen atoms in total. The van der Waals surface area contributed by atoms with Crippen molar-refractivity contribution in [3.05, 3.63) is 60.7 Å². The number of nitrogens with zero attached hydrogens (tertiary/aromatic N) is 2. The number of rotatable bonds is 7. The first-order chi connectivity index (χ1) is 15.5. The first-order valence-electron chi connectivity index (χ1n) is 10.8. The maximum atomic E-state index is 12.5. The zero-order valence-electron chi connectivity index (χ0n) is 17.7. The van der Waals surface area contributed by atoms with Crippen LogP contribution in [0.4, 0.5) is 11.4 Å². The SMILES string of the molecule is O=C(NCCNC(=O)[C@H]1CC(=O)N(c2ccccc2)C1)[C@H]1CC(=O)N(c2ccccc2)C1. The van der Waals surface area contributed by atoms with E-state index in [4.69, 9.17) is 0 Å². The standard InChI is InChI=1S/C24H26N4O4/c29-21-13-17(15-27(21)19-7-3-1-4-8-19)23(31)25-11-12-26-24(32)18-14-22(30)28(16-18)20-9-5-2-6-10-20/h1-10,17-18H,11-16H2,(H,25,31)(H,26,32)/t17-,18-/m0/s1. The van der Waals surface area contributed by atoms with Crippen molar-refractivity contribution >= 4 is 35.0 Å². The lowest BCUT2D eigenvalue weighted by Gasteiger charge is -2.17. The summed E-state index contributed by atoms with van der Waals surface area (Å²) in [7, 11) is 0. The van der Waals surface area contributed by atoms with Gasteiger partial charge in [0.1, 0.15) is 0 Å². The maximum Gasteiger partial charge on any atom is 0.227 e. The molecule has 0 unspecified atom stereocenters. The third-order valence-corrected chi connectivity index (χ3v) is 5.85. The Balaban J connectivity index is 1.19. The smallest absolute Gasteiger partial charge is 0.227 e. The maximum absolute atomic E-state index is 12.5. The molecule has 2 saturated heterocycles. The molecular weight excluding hydrogens is 408 g/mol. The molecule has 2 fully saturated rings. The molecule has 0 aliphatic carbocycles. The van der Waals surface area contributed by atoms with Gasteiger partial charge in [0.25, 0.3) is 0 Å². The molecule has 2 aromatic carbocycles. The first-order valence-corrected chi connectivity index (χ1v) is 10.8. The van der Waals surface area contributed by atoms with Gasteiger partial charge in [-0.15, -0.1) is 0 Å². The Hall–Kier alpha value is -3.68. The molecule has 2 aliphatic rings. The van der Waals surface area contributed by atoms with Gasteiger partial charge in [0.05, 0.1) is 11.8 Å². The molecule has 8 heteroatoms. The Morgan fingerprint density at radius 2 is 1.06 bits per heavy atom. The summed E-state index contributed by atoms with van der Waals surface area (Å²) in [6, 6.07) is 18.6. The van der Waals surface area contributed by atoms with Crippen molar-refractivity contribution in [3.8, 4) is 0 Å². The number of carbonyl (C=O) groups is 4. The van der Waals surface area contributed by atoms with E-state index in [0.717, 1.165) is 11.4 Å². The summed E-state index contributed by atoms with van der Waals surface area (Å²) in [4.78, 5) is 52.7. The molecule has 2 atom stereocenters. The van der Waals surface area contributed by atoms with Gasteiger partial charge in [0.2, 0.25) is 23.6 Å². The van der Waals surface area contributed by atoms with Gasteiger partial charge in [-0.05, 0) is 24.3 Å². The fraction of sp³-hybridized carbons (Fsp3) is 0.333. The highest BCUT2D eigenvalue weighted by molar-refractivity contribution is 6.01. The average Bonchev–Trinajstić information content (AvgIpc) is 3.40. The van der Waals surface area contributed by atoms with Crippen molar-refractivity contribution < 1.29 is 19.2 Å². The van der Waals surface area contributed by atoms with Crippen LogP contribution in [0.3, 0.4) is 0 Å². The van der Waals surface area contributed by atoms with Crippen LogP contribution in [-0.2, 0) is 19.2 Å². The summed E-state index contributed by atoms with van der Waals surface area (Å²) in [5, 5.41) is 5.59. The summed E-state index contributed by atoms with van der Waals surface area (Å²) in [6.45, 7) is 1.23. The van der Waals surface area contributed by atoms with E-state index >= 15 is 0 Å². The normalized spacial score (nSPS) is 20.5. The molecular formula is C24H26N4O4. The van der Waals surface area contributed by atoms with Crippen LogP contribution in [0.5, 0.6) is 0 Å². The van der Waals surface area contributed by atoms with Gasteiger partial charge in [0, 0.05) is 50.4 Å². The van der Waals surface area contributed by atoms with Crippen LogP contribution in [0.1, 0.15) is 12.8 Å². The number of carbonyl (C=O) groups excluding carboxylic acids is 4. The van der Waals surface area contributed by atoms with Gasteiger partial charge in [0.15, 0.2) is 0 Å². The Bertz CT molecular complexity index is 914. The summed E-state index contributed by atoms with van der Waals surface area (Å²) < 4.78 is 0. The van der Waals surface area contributed by atoms with E-state index in [2.05, 4.69) is 10.6 Å². The zero-order chi connectivity index (χ0) is 22.5. The highest BCUT2D eigenvalue weighted by Crippen LogP contribution is 2.26. The molecule has 2 aliphatic heterocycles. The highest BCUT2D eigenvalue weighted by atomic mass is 16.2. The molecule has 2 aromatic rings. The van der Waals surface area contributed by atoms with Gasteiger partial charge < -0.3 is 20.4 Å². The lowest BCUT2D eigenvalue weighted by molar-refractivity contribution is -0.127. The van der Waals surface area contributed by atoms with E-state index in [1.807, 2.05) is 60.7 Å². The van der Waals surface area contributed by atoms with E-state index in [1.54, 1.807) is 9.80 Å². The Morgan fingerprint density at radius 1 is 0.688 bits per heavy atom. The molecule has 2 N–H and O–H groups in total. The van der Waals surface area contributed by atoms with E-state index in [9.17, 15) is 19.2 Å². The summed E-state index contributed by atoms with van der Waals surface area (Å²) in [5.74, 6) is -1.36. The number of hydrogen-bond acceptors (Lipinski definition) is 4. The number of nitrogens with one attached hydrogen (secondary N) is 2. The van der Waals surface area contributed by atoms with Crippen molar-refractivity contribution in [1.82, 2.24) is 10.6 Å². The van der Waals surface area contributed by atoms with E-state index < -0.39 is 11.8 Å². The quantitative estimate of drug-likeness (QED) is 0.642. The minimum absolute atomic E-state index is 0.0708. The second-order valence-corrected chi connectivity index (χ2v) is 8.06. The number of hydrogen-bond donors (Lipinski definition) is 2. The predicted molar refractivity (Wildman–Crippen MR) is 120 cm³/mol. The van der Waals surface area contributed by atoms with Crippen molar-refractivity contribution in [2.75, 3.05) is 36.0 Å². The minimum Gasteiger partial charge on any atom is -0.354 e. The molecule has 4 amide bonds. The number of anilines is 2. The van der Waals surface area contributed by atoms with Crippen LogP contribution >= 0.6 is 0 Å². The van der Waals surface area contributed by atoms with Crippen molar-refractivity contribution in [3.63, 3.8) is 0 Å². The molecule has 0 bridgehead atoms. The average molecular weight is 434 g/mol. The molecule has 0 aromatic heterocycles. The molecule has 0 saturated carbocycles. The summed E-state index contributed by atoms with van der Waals surface area (Å²) in [6.07, 6.45) is 0.346. The van der Waals surface area contributed by atoms with Crippen molar-refractivity contribution in [2.24, 2.45) is 11.8 Å². The van der Waals surface area contributed by atoms with Crippen molar-refractivity contribution in [2.45, 2.75) is 12.8 Å². The van der Waals surface area contributed by atoms with Crippen LogP contribution in [0.2, 0.25) is 0 Å². The fourth-order valence-corrected chi connectivity index (χ4v) is 4.14. The number of para-hydroxylation sites is 2. The van der Waals surface area contributed by atoms with Crippen LogP contribution in [-0.4, -0.2) is 49.8 Å². The minimum atomic E-state index is -0.412. The predicted octanol–water partition coefficient (Wildman–Crippen LogP) is 1.33. The van der Waals surface area contributed by atoms with Gasteiger partial charge >= 0.3 is 0 Å². The molecule has 0 spiro atoms. The summed E-state index contributed by atoms with van der Waals surface area (Å²) in [5.41, 5.74) is 1.58. The van der Waals surface area contributed by atoms with Crippen molar-refractivity contribution in [1.29, 1.82) is 0 Å². The van der Waals surface area contributed by atoms with Gasteiger partial charge in [-0.2, -0.15) is 0 Å². The molecule has 2 heterocycles. The van der Waals surface area contributed by atoms with E-state index in [0.29, 0.717) is 13.1 Å². The second-order valence-electron chi connectivity index (χ2n) is 8.06. The van der Waals surface area contributed by atoms with Crippen LogP contribution < -0.4 is 20.4 Å². The monoisotopic (exact) mass is 434 g/mol. The van der Waals surface area contributed by atoms with Gasteiger partial charge in [-0.3, -0.25) is 19.2 Å². The highest BCUT2D eigenvalue weighted by Gasteiger charge is 2.36. The van der Waals surface area contributed by atoms with Crippen LogP contribution in [0.15, 0.2) is 60.7 Å². The molecule has 4 rings (SSSR count). The molecule has 32 heavy (non-hydrogen) atoms. The Labute approximate surface area is 186 Å². The topological polar surface area (TPSA) is 98.8 Å². The van der Waals surface area contributed by atoms with Crippen LogP contribution in [0, 0.1) is 11.8 Å². The Morgan fingerprint density at radius 3 is 1.44 bits per heavy atom. The lowest BCUT2D eigenvalue weighted by Crippen LogP contribution is -2.40. The second kappa shape index (κ2) is 9.64. The Kier molecular flexibility index (Phi) is 6.49. The fourth-order valence-electron chi connectivity index (χ4n) is 4.14. The van der Waals surface area contributed by atoms with Gasteiger partial charge in [-0.1, -0.05) is 36.4 Å². The third kappa shape index (κ3) is 4.80. The first kappa shape index (κ1) is 21.5. The van der Waals surface area contributed by atoms with E-state index in [-0.39, 0.29) is 49.6 Å². The lowest BCUT2D eigenvalue weighted by atomic mass is 10.1. The number of benzene rings is 2. The zero-order valence-corrected chi connectivity index (χ0v) is 17.7. The largest absolute Gasteiger partial charge is 0.354 e. The molecule has 166 valence electrons. The van der Waals surface area contributed by atoms with Crippen LogP contribution in [0.25, 0.3) is 0 Å². The number of amides is 4. The van der Waals surface area contributed by atoms with Gasteiger partial charge in [-0.25, -0.2) is 0 Å². The summed E-state index contributed by atoms with van der Waals surface area (Å²) >= 11 is 0. The molecule has 0 radical (unpaired) electrons. The van der Waals surface area contributed by atoms with E-state index in [1.165, 1.54) is 0 Å². The third-order valence-electron chi connectivity index (χ3n) is 5.85.